The third-order valence-corrected chi connectivity index (χ3v) is 4.56. The molecule has 1 aromatic carbocycles. The second kappa shape index (κ2) is 11.0. The van der Waals surface area contributed by atoms with Gasteiger partial charge in [-0.2, -0.15) is 0 Å². The van der Waals surface area contributed by atoms with Gasteiger partial charge in [0.05, 0.1) is 0 Å². The Morgan fingerprint density at radius 2 is 1.82 bits per heavy atom. The smallest absolute Gasteiger partial charge is 0.191 e. The number of rotatable bonds is 10. The summed E-state index contributed by atoms with van der Waals surface area (Å²) < 4.78 is 4.35. The lowest BCUT2D eigenvalue weighted by molar-refractivity contribution is 0.609. The zero-order chi connectivity index (χ0) is 19.4. The summed E-state index contributed by atoms with van der Waals surface area (Å²) >= 11 is 0. The number of aryl methyl sites for hydroxylation is 2. The number of nitrogens with zero attached hydrogens (tertiary/aromatic N) is 4. The monoisotopic (exact) mass is 378 g/mol. The number of imidazole rings is 1. The zero-order valence-electron chi connectivity index (χ0n) is 16.6. The van der Waals surface area contributed by atoms with E-state index in [1.807, 2.05) is 24.5 Å². The molecule has 0 bridgehead atoms. The van der Waals surface area contributed by atoms with Crippen LogP contribution in [0, 0.1) is 0 Å². The van der Waals surface area contributed by atoms with Crippen molar-refractivity contribution in [3.05, 3.63) is 78.6 Å². The van der Waals surface area contributed by atoms with Crippen molar-refractivity contribution in [2.75, 3.05) is 13.1 Å². The maximum absolute atomic E-state index is 4.70. The molecule has 0 spiro atoms. The molecule has 0 aliphatic rings. The summed E-state index contributed by atoms with van der Waals surface area (Å²) in [6.07, 6.45) is 10.2. The van der Waals surface area contributed by atoms with Gasteiger partial charge in [-0.25, -0.2) is 9.98 Å². The molecule has 2 aromatic heterocycles. The highest BCUT2D eigenvalue weighted by Crippen LogP contribution is 2.06. The lowest BCUT2D eigenvalue weighted by Gasteiger charge is -2.12. The molecule has 2 N–H and O–H groups in total. The van der Waals surface area contributed by atoms with E-state index in [9.17, 15) is 0 Å². The maximum Gasteiger partial charge on any atom is 0.191 e. The molecule has 3 aromatic rings. The Balaban J connectivity index is 1.49. The molecule has 3 rings (SSSR count). The summed E-state index contributed by atoms with van der Waals surface area (Å²) in [6, 6.07) is 14.7. The molecule has 2 heterocycles. The molecule has 0 saturated heterocycles. The van der Waals surface area contributed by atoms with Gasteiger partial charge in [-0.1, -0.05) is 30.3 Å². The lowest BCUT2D eigenvalue weighted by atomic mass is 10.1. The van der Waals surface area contributed by atoms with Crippen LogP contribution in [0.3, 0.4) is 0 Å². The SMILES string of the molecule is CCNC(=NCc1nccn1CCCc1ccccc1)NCCn1cccc1. The molecule has 0 saturated carbocycles. The average Bonchev–Trinajstić information content (AvgIpc) is 3.39. The Morgan fingerprint density at radius 1 is 1.00 bits per heavy atom. The first kappa shape index (κ1) is 19.7. The number of nitrogens with one attached hydrogen (secondary N) is 2. The first-order valence-electron chi connectivity index (χ1n) is 10.0. The van der Waals surface area contributed by atoms with E-state index in [1.54, 1.807) is 0 Å². The van der Waals surface area contributed by atoms with Gasteiger partial charge in [-0.15, -0.1) is 0 Å². The molecule has 6 heteroatoms. The van der Waals surface area contributed by atoms with Crippen molar-refractivity contribution in [1.29, 1.82) is 0 Å². The van der Waals surface area contributed by atoms with E-state index in [0.717, 1.165) is 50.8 Å². The van der Waals surface area contributed by atoms with E-state index in [4.69, 9.17) is 4.99 Å². The summed E-state index contributed by atoms with van der Waals surface area (Å²) in [5, 5.41) is 6.69. The summed E-state index contributed by atoms with van der Waals surface area (Å²) in [5.41, 5.74) is 1.38. The summed E-state index contributed by atoms with van der Waals surface area (Å²) in [6.45, 7) is 6.17. The number of aromatic nitrogens is 3. The van der Waals surface area contributed by atoms with Gasteiger partial charge in [0.2, 0.25) is 0 Å². The minimum absolute atomic E-state index is 0.567. The van der Waals surface area contributed by atoms with Crippen molar-refractivity contribution in [2.24, 2.45) is 4.99 Å². The number of hydrogen-bond donors (Lipinski definition) is 2. The van der Waals surface area contributed by atoms with Gasteiger partial charge in [0.15, 0.2) is 5.96 Å². The van der Waals surface area contributed by atoms with E-state index in [-0.39, 0.29) is 0 Å². The van der Waals surface area contributed by atoms with Gasteiger partial charge in [-0.3, -0.25) is 0 Å². The van der Waals surface area contributed by atoms with E-state index in [0.29, 0.717) is 6.54 Å². The molecule has 0 radical (unpaired) electrons. The predicted molar refractivity (Wildman–Crippen MR) is 114 cm³/mol. The largest absolute Gasteiger partial charge is 0.357 e. The van der Waals surface area contributed by atoms with Crippen LogP contribution in [0.15, 0.2) is 72.2 Å². The number of hydrogen-bond acceptors (Lipinski definition) is 2. The molecule has 0 unspecified atom stereocenters. The lowest BCUT2D eigenvalue weighted by Crippen LogP contribution is -2.38. The highest BCUT2D eigenvalue weighted by molar-refractivity contribution is 5.79. The van der Waals surface area contributed by atoms with Crippen LogP contribution >= 0.6 is 0 Å². The van der Waals surface area contributed by atoms with Crippen molar-refractivity contribution in [2.45, 2.75) is 39.4 Å². The van der Waals surface area contributed by atoms with Gasteiger partial charge < -0.3 is 19.8 Å². The fourth-order valence-electron chi connectivity index (χ4n) is 3.11. The van der Waals surface area contributed by atoms with Crippen molar-refractivity contribution in [3.63, 3.8) is 0 Å². The topological polar surface area (TPSA) is 59.2 Å². The van der Waals surface area contributed by atoms with Crippen LogP contribution in [0.5, 0.6) is 0 Å². The van der Waals surface area contributed by atoms with Crippen molar-refractivity contribution < 1.29 is 0 Å². The molecule has 0 aliphatic heterocycles. The maximum atomic E-state index is 4.70. The fraction of sp³-hybridized carbons (Fsp3) is 0.364. The van der Waals surface area contributed by atoms with Gasteiger partial charge in [0.1, 0.15) is 12.4 Å². The quantitative estimate of drug-likeness (QED) is 0.421. The second-order valence-electron chi connectivity index (χ2n) is 6.67. The first-order valence-corrected chi connectivity index (χ1v) is 10.0. The Hall–Kier alpha value is -3.02. The highest BCUT2D eigenvalue weighted by Gasteiger charge is 2.04. The Morgan fingerprint density at radius 3 is 2.61 bits per heavy atom. The number of benzene rings is 1. The molecule has 0 atom stereocenters. The van der Waals surface area contributed by atoms with Crippen molar-refractivity contribution >= 4 is 5.96 Å². The number of aliphatic imine (C=N–C) groups is 1. The van der Waals surface area contributed by atoms with Crippen LogP contribution in [0.4, 0.5) is 0 Å². The average molecular weight is 379 g/mol. The Kier molecular flexibility index (Phi) is 7.73. The van der Waals surface area contributed by atoms with Gasteiger partial charge in [0, 0.05) is 51.0 Å². The van der Waals surface area contributed by atoms with Crippen molar-refractivity contribution in [3.8, 4) is 0 Å². The van der Waals surface area contributed by atoms with Crippen LogP contribution in [0.1, 0.15) is 24.7 Å². The molecule has 0 aliphatic carbocycles. The standard InChI is InChI=1S/C22H30N6/c1-2-23-22(25-12-17-27-14-6-7-15-27)26-19-21-24-13-18-28(21)16-8-11-20-9-4-3-5-10-20/h3-7,9-10,13-15,18H,2,8,11-12,16-17,19H2,1H3,(H2,23,25,26). The minimum atomic E-state index is 0.567. The molecule has 148 valence electrons. The normalized spacial score (nSPS) is 11.5. The van der Waals surface area contributed by atoms with Crippen LogP contribution in [-0.4, -0.2) is 33.2 Å². The predicted octanol–water partition coefficient (Wildman–Crippen LogP) is 3.07. The Bertz CT molecular complexity index is 820. The van der Waals surface area contributed by atoms with E-state index in [1.165, 1.54) is 5.56 Å². The van der Waals surface area contributed by atoms with Gasteiger partial charge in [0.25, 0.3) is 0 Å². The zero-order valence-corrected chi connectivity index (χ0v) is 16.6. The van der Waals surface area contributed by atoms with Gasteiger partial charge >= 0.3 is 0 Å². The molecule has 6 nitrogen and oxygen atoms in total. The van der Waals surface area contributed by atoms with Gasteiger partial charge in [-0.05, 0) is 37.5 Å². The third-order valence-electron chi connectivity index (χ3n) is 4.56. The third kappa shape index (κ3) is 6.30. The molecule has 28 heavy (non-hydrogen) atoms. The molecular weight excluding hydrogens is 348 g/mol. The molecular formula is C22H30N6. The summed E-state index contributed by atoms with van der Waals surface area (Å²) in [7, 11) is 0. The molecule has 0 fully saturated rings. The first-order chi connectivity index (χ1) is 13.8. The van der Waals surface area contributed by atoms with Crippen LogP contribution in [0.25, 0.3) is 0 Å². The van der Waals surface area contributed by atoms with Crippen molar-refractivity contribution in [1.82, 2.24) is 24.8 Å². The minimum Gasteiger partial charge on any atom is -0.357 e. The van der Waals surface area contributed by atoms with E-state index >= 15 is 0 Å². The van der Waals surface area contributed by atoms with Crippen LogP contribution < -0.4 is 10.6 Å². The summed E-state index contributed by atoms with van der Waals surface area (Å²) in [5.74, 6) is 1.82. The fourth-order valence-corrected chi connectivity index (χ4v) is 3.11. The van der Waals surface area contributed by atoms with E-state index < -0.39 is 0 Å². The van der Waals surface area contributed by atoms with Crippen LogP contribution in [0.2, 0.25) is 0 Å². The molecule has 0 amide bonds. The van der Waals surface area contributed by atoms with Crippen LogP contribution in [-0.2, 0) is 26.1 Å². The summed E-state index contributed by atoms with van der Waals surface area (Å²) in [4.78, 5) is 9.19. The number of guanidine groups is 1. The second-order valence-corrected chi connectivity index (χ2v) is 6.67. The highest BCUT2D eigenvalue weighted by atomic mass is 15.2. The van der Waals surface area contributed by atoms with E-state index in [2.05, 4.69) is 74.4 Å². The Labute approximate surface area is 167 Å².